The first-order chi connectivity index (χ1) is 6.21. The fourth-order valence-corrected chi connectivity index (χ4v) is 1.90. The van der Waals surface area contributed by atoms with Crippen molar-refractivity contribution in [3.8, 4) is 0 Å². The van der Waals surface area contributed by atoms with Crippen molar-refractivity contribution in [2.24, 2.45) is 5.92 Å². The number of nitrogens with zero attached hydrogens (tertiary/aromatic N) is 1. The Kier molecular flexibility index (Phi) is 4.54. The first-order valence-corrected chi connectivity index (χ1v) is 6.22. The van der Waals surface area contributed by atoms with Gasteiger partial charge in [0.25, 0.3) is 0 Å². The van der Waals surface area contributed by atoms with E-state index >= 15 is 0 Å². The summed E-state index contributed by atoms with van der Waals surface area (Å²) >= 11 is 0. The molecule has 0 rings (SSSR count). The van der Waals surface area contributed by atoms with Crippen LogP contribution >= 0.6 is 0 Å². The van der Waals surface area contributed by atoms with E-state index < -0.39 is 22.0 Å². The van der Waals surface area contributed by atoms with Crippen molar-refractivity contribution in [2.75, 3.05) is 13.3 Å². The highest BCUT2D eigenvalue weighted by Gasteiger charge is 2.32. The van der Waals surface area contributed by atoms with Crippen LogP contribution in [-0.4, -0.2) is 43.1 Å². The average Bonchev–Trinajstić information content (AvgIpc) is 2.01. The molecule has 0 spiro atoms. The summed E-state index contributed by atoms with van der Waals surface area (Å²) in [7, 11) is -2.16. The molecule has 0 aliphatic heterocycles. The zero-order valence-electron chi connectivity index (χ0n) is 8.89. The predicted molar refractivity (Wildman–Crippen MR) is 53.5 cm³/mol. The summed E-state index contributed by atoms with van der Waals surface area (Å²) in [5.41, 5.74) is 0. The third-order valence-electron chi connectivity index (χ3n) is 2.35. The Balaban J connectivity index is 4.94. The van der Waals surface area contributed by atoms with Gasteiger partial charge < -0.3 is 5.11 Å². The summed E-state index contributed by atoms with van der Waals surface area (Å²) < 4.78 is 23.2. The molecule has 14 heavy (non-hydrogen) atoms. The zero-order chi connectivity index (χ0) is 11.5. The average molecular weight is 223 g/mol. The maximum absolute atomic E-state index is 11.2. The molecule has 0 saturated carbocycles. The molecule has 1 N–H and O–H groups in total. The standard InChI is InChI=1S/C8H17NO4S/c1-5-6(2)7(8(10)11)9(3)14(4,12)13/h6-7H,5H2,1-4H3,(H,10,11)/t6?,7-/m1/s1. The predicted octanol–water partition coefficient (Wildman–Crippen LogP) is 0.377. The fraction of sp³-hybridized carbons (Fsp3) is 0.875. The summed E-state index contributed by atoms with van der Waals surface area (Å²) in [5, 5.41) is 8.90. The summed E-state index contributed by atoms with van der Waals surface area (Å²) in [4.78, 5) is 10.9. The minimum atomic E-state index is -3.45. The molecule has 0 aromatic heterocycles. The summed E-state index contributed by atoms with van der Waals surface area (Å²) in [5.74, 6) is -1.31. The van der Waals surface area contributed by atoms with E-state index in [2.05, 4.69) is 0 Å². The molecule has 1 unspecified atom stereocenters. The largest absolute Gasteiger partial charge is 0.480 e. The molecule has 0 aliphatic carbocycles. The van der Waals surface area contributed by atoms with E-state index in [1.54, 1.807) is 6.92 Å². The van der Waals surface area contributed by atoms with Gasteiger partial charge in [-0.1, -0.05) is 20.3 Å². The lowest BCUT2D eigenvalue weighted by molar-refractivity contribution is -0.142. The van der Waals surface area contributed by atoms with Crippen LogP contribution in [0, 0.1) is 5.92 Å². The first-order valence-electron chi connectivity index (χ1n) is 4.37. The van der Waals surface area contributed by atoms with Crippen molar-refractivity contribution in [1.82, 2.24) is 4.31 Å². The van der Waals surface area contributed by atoms with Crippen LogP contribution in [0.25, 0.3) is 0 Å². The number of hydrogen-bond donors (Lipinski definition) is 1. The second-order valence-corrected chi connectivity index (χ2v) is 5.49. The highest BCUT2D eigenvalue weighted by molar-refractivity contribution is 7.88. The van der Waals surface area contributed by atoms with Crippen LogP contribution in [-0.2, 0) is 14.8 Å². The summed E-state index contributed by atoms with van der Waals surface area (Å²) in [6.45, 7) is 3.55. The highest BCUT2D eigenvalue weighted by atomic mass is 32.2. The molecule has 0 aromatic carbocycles. The molecule has 84 valence electrons. The van der Waals surface area contributed by atoms with Crippen LogP contribution in [0.4, 0.5) is 0 Å². The molecule has 0 bridgehead atoms. The van der Waals surface area contributed by atoms with Crippen LogP contribution in [0.1, 0.15) is 20.3 Å². The van der Waals surface area contributed by atoms with Crippen LogP contribution in [0.2, 0.25) is 0 Å². The number of carboxylic acid groups (broad SMARTS) is 1. The lowest BCUT2D eigenvalue weighted by Crippen LogP contribution is -2.45. The maximum Gasteiger partial charge on any atom is 0.322 e. The van der Waals surface area contributed by atoms with E-state index in [0.29, 0.717) is 6.42 Å². The van der Waals surface area contributed by atoms with Gasteiger partial charge in [0.1, 0.15) is 6.04 Å². The number of carboxylic acids is 1. The van der Waals surface area contributed by atoms with E-state index in [9.17, 15) is 13.2 Å². The van der Waals surface area contributed by atoms with Crippen LogP contribution in [0.3, 0.4) is 0 Å². The lowest BCUT2D eigenvalue weighted by Gasteiger charge is -2.26. The minimum Gasteiger partial charge on any atom is -0.480 e. The fourth-order valence-electron chi connectivity index (χ4n) is 1.19. The van der Waals surface area contributed by atoms with Crippen LogP contribution in [0.15, 0.2) is 0 Å². The molecule has 2 atom stereocenters. The van der Waals surface area contributed by atoms with E-state index in [4.69, 9.17) is 5.11 Å². The quantitative estimate of drug-likeness (QED) is 0.731. The number of rotatable bonds is 5. The Labute approximate surface area is 84.8 Å². The molecule has 0 heterocycles. The van der Waals surface area contributed by atoms with Gasteiger partial charge in [0.05, 0.1) is 6.26 Å². The van der Waals surface area contributed by atoms with Gasteiger partial charge in [-0.2, -0.15) is 4.31 Å². The zero-order valence-corrected chi connectivity index (χ0v) is 9.71. The Hall–Kier alpha value is -0.620. The Morgan fingerprint density at radius 2 is 1.93 bits per heavy atom. The lowest BCUT2D eigenvalue weighted by atomic mass is 10.00. The topological polar surface area (TPSA) is 74.7 Å². The van der Waals surface area contributed by atoms with Gasteiger partial charge >= 0.3 is 5.97 Å². The van der Waals surface area contributed by atoms with E-state index in [0.717, 1.165) is 10.6 Å². The number of sulfonamides is 1. The molecule has 0 amide bonds. The van der Waals surface area contributed by atoms with Crippen molar-refractivity contribution in [2.45, 2.75) is 26.3 Å². The summed E-state index contributed by atoms with van der Waals surface area (Å²) in [6.07, 6.45) is 1.63. The van der Waals surface area contributed by atoms with E-state index in [1.807, 2.05) is 6.92 Å². The number of hydrogen-bond acceptors (Lipinski definition) is 3. The third kappa shape index (κ3) is 3.26. The highest BCUT2D eigenvalue weighted by Crippen LogP contribution is 2.15. The van der Waals surface area contributed by atoms with Gasteiger partial charge in [-0.3, -0.25) is 4.79 Å². The SMILES string of the molecule is CCC(C)[C@H](C(=O)O)N(C)S(C)(=O)=O. The monoisotopic (exact) mass is 223 g/mol. The molecule has 0 aromatic rings. The number of carbonyl (C=O) groups is 1. The maximum atomic E-state index is 11.2. The Morgan fingerprint density at radius 1 is 1.50 bits per heavy atom. The second-order valence-electron chi connectivity index (χ2n) is 3.45. The molecular weight excluding hydrogens is 206 g/mol. The number of likely N-dealkylation sites (N-methyl/N-ethyl adjacent to an activating group) is 1. The van der Waals surface area contributed by atoms with Crippen molar-refractivity contribution < 1.29 is 18.3 Å². The van der Waals surface area contributed by atoms with Gasteiger partial charge in [0.15, 0.2) is 0 Å². The Bertz CT molecular complexity index is 298. The second kappa shape index (κ2) is 4.75. The molecular formula is C8H17NO4S. The van der Waals surface area contributed by atoms with Crippen molar-refractivity contribution >= 4 is 16.0 Å². The van der Waals surface area contributed by atoms with Gasteiger partial charge in [-0.05, 0) is 5.92 Å². The molecule has 5 nitrogen and oxygen atoms in total. The van der Waals surface area contributed by atoms with E-state index in [-0.39, 0.29) is 5.92 Å². The molecule has 0 saturated heterocycles. The van der Waals surface area contributed by atoms with Gasteiger partial charge in [0.2, 0.25) is 10.0 Å². The molecule has 0 aliphatic rings. The van der Waals surface area contributed by atoms with Crippen LogP contribution in [0.5, 0.6) is 0 Å². The van der Waals surface area contributed by atoms with E-state index in [1.165, 1.54) is 7.05 Å². The Morgan fingerprint density at radius 3 is 2.14 bits per heavy atom. The third-order valence-corrected chi connectivity index (χ3v) is 3.62. The normalized spacial score (nSPS) is 16.6. The van der Waals surface area contributed by atoms with Gasteiger partial charge in [0, 0.05) is 7.05 Å². The molecule has 0 fully saturated rings. The van der Waals surface area contributed by atoms with Crippen molar-refractivity contribution in [3.05, 3.63) is 0 Å². The molecule has 0 radical (unpaired) electrons. The van der Waals surface area contributed by atoms with Crippen LogP contribution < -0.4 is 0 Å². The summed E-state index contributed by atoms with van der Waals surface area (Å²) in [6, 6.07) is -0.977. The minimum absolute atomic E-state index is 0.202. The smallest absolute Gasteiger partial charge is 0.322 e. The molecule has 6 heteroatoms. The van der Waals surface area contributed by atoms with Gasteiger partial charge in [-0.15, -0.1) is 0 Å². The van der Waals surface area contributed by atoms with Crippen molar-refractivity contribution in [1.29, 1.82) is 0 Å². The van der Waals surface area contributed by atoms with Crippen molar-refractivity contribution in [3.63, 3.8) is 0 Å². The first kappa shape index (κ1) is 13.4. The van der Waals surface area contributed by atoms with Gasteiger partial charge in [-0.25, -0.2) is 8.42 Å². The number of aliphatic carboxylic acids is 1.